The molecule has 0 unspecified atom stereocenters. The Hall–Kier alpha value is -2.31. The molecular weight excluding hydrogens is 174 g/mol. The van der Waals surface area contributed by atoms with Crippen LogP contribution in [0.3, 0.4) is 0 Å². The van der Waals surface area contributed by atoms with Gasteiger partial charge in [0.05, 0.1) is 36.6 Å². The van der Waals surface area contributed by atoms with E-state index in [1.165, 1.54) is 0 Å². The van der Waals surface area contributed by atoms with Gasteiger partial charge in [0, 0.05) is 0 Å². The summed E-state index contributed by atoms with van der Waals surface area (Å²) in [5, 5.41) is 25.7. The molecule has 0 N–H and O–H groups in total. The van der Waals surface area contributed by atoms with Gasteiger partial charge in [-0.15, -0.1) is 0 Å². The Balaban J connectivity index is 3.11. The van der Waals surface area contributed by atoms with Crippen molar-refractivity contribution in [1.29, 1.82) is 15.8 Å². The van der Waals surface area contributed by atoms with Crippen LogP contribution in [0.4, 0.5) is 0 Å². The number of nitrogens with zero attached hydrogens (tertiary/aromatic N) is 3. The van der Waals surface area contributed by atoms with E-state index in [9.17, 15) is 0 Å². The van der Waals surface area contributed by atoms with Gasteiger partial charge in [0.15, 0.2) is 0 Å². The van der Waals surface area contributed by atoms with E-state index in [4.69, 9.17) is 15.8 Å². The molecule has 14 heavy (non-hydrogen) atoms. The maximum Gasteiger partial charge on any atom is 0.0991 e. The molecule has 0 atom stereocenters. The summed E-state index contributed by atoms with van der Waals surface area (Å²) in [6.45, 7) is 0. The molecule has 0 bridgehead atoms. The number of rotatable bonds is 2. The van der Waals surface area contributed by atoms with Crippen molar-refractivity contribution in [3.05, 3.63) is 34.9 Å². The van der Waals surface area contributed by atoms with Crippen LogP contribution in [0.25, 0.3) is 0 Å². The van der Waals surface area contributed by atoms with E-state index in [-0.39, 0.29) is 12.8 Å². The summed E-state index contributed by atoms with van der Waals surface area (Å²) in [6, 6.07) is 11.2. The summed E-state index contributed by atoms with van der Waals surface area (Å²) in [6.07, 6.45) is 0.544. The second-order valence-electron chi connectivity index (χ2n) is 2.82. The molecule has 0 saturated carbocycles. The van der Waals surface area contributed by atoms with Crippen LogP contribution in [0.1, 0.15) is 16.7 Å². The number of benzene rings is 1. The Morgan fingerprint density at radius 3 is 1.71 bits per heavy atom. The van der Waals surface area contributed by atoms with Gasteiger partial charge in [-0.25, -0.2) is 0 Å². The minimum atomic E-state index is 0.272. The maximum atomic E-state index is 8.71. The van der Waals surface area contributed by atoms with Gasteiger partial charge in [0.1, 0.15) is 0 Å². The van der Waals surface area contributed by atoms with Crippen LogP contribution in [-0.4, -0.2) is 0 Å². The van der Waals surface area contributed by atoms with Crippen molar-refractivity contribution >= 4 is 0 Å². The van der Waals surface area contributed by atoms with Gasteiger partial charge in [-0.2, -0.15) is 15.8 Å². The highest BCUT2D eigenvalue weighted by Gasteiger charge is 2.00. The smallest absolute Gasteiger partial charge is 0.0991 e. The highest BCUT2D eigenvalue weighted by molar-refractivity contribution is 5.39. The zero-order valence-electron chi connectivity index (χ0n) is 7.49. The summed E-state index contributed by atoms with van der Waals surface area (Å²) in [7, 11) is 0. The largest absolute Gasteiger partial charge is 0.198 e. The monoisotopic (exact) mass is 181 g/mol. The Bertz CT molecular complexity index is 421. The molecule has 0 aromatic heterocycles. The van der Waals surface area contributed by atoms with E-state index in [0.29, 0.717) is 5.56 Å². The molecule has 0 heterocycles. The van der Waals surface area contributed by atoms with Gasteiger partial charge in [-0.1, -0.05) is 6.07 Å². The SMILES string of the molecule is N#CCc1cc(C#N)cc(CC#N)c1. The maximum absolute atomic E-state index is 8.71. The molecule has 1 aromatic carbocycles. The topological polar surface area (TPSA) is 71.4 Å². The minimum absolute atomic E-state index is 0.272. The average Bonchev–Trinajstić information content (AvgIpc) is 2.18. The Kier molecular flexibility index (Phi) is 3.25. The Morgan fingerprint density at radius 2 is 1.36 bits per heavy atom. The second kappa shape index (κ2) is 4.65. The molecule has 66 valence electrons. The lowest BCUT2D eigenvalue weighted by molar-refractivity contribution is 1.19. The van der Waals surface area contributed by atoms with Crippen LogP contribution < -0.4 is 0 Å². The zero-order valence-corrected chi connectivity index (χ0v) is 7.49. The van der Waals surface area contributed by atoms with Crippen molar-refractivity contribution in [2.75, 3.05) is 0 Å². The lowest BCUT2D eigenvalue weighted by atomic mass is 10.0. The van der Waals surface area contributed by atoms with Crippen molar-refractivity contribution < 1.29 is 0 Å². The third-order valence-corrected chi connectivity index (χ3v) is 1.75. The molecule has 0 fully saturated rings. The summed E-state index contributed by atoms with van der Waals surface area (Å²) >= 11 is 0. The molecule has 0 aliphatic rings. The van der Waals surface area contributed by atoms with Gasteiger partial charge in [0.25, 0.3) is 0 Å². The summed E-state index contributed by atoms with van der Waals surface area (Å²) in [5.41, 5.74) is 2.08. The molecule has 0 radical (unpaired) electrons. The lowest BCUT2D eigenvalue weighted by Gasteiger charge is -1.99. The van der Waals surface area contributed by atoms with Crippen LogP contribution in [-0.2, 0) is 12.8 Å². The van der Waals surface area contributed by atoms with E-state index in [1.54, 1.807) is 18.2 Å². The molecule has 0 aliphatic carbocycles. The average molecular weight is 181 g/mol. The molecule has 0 aliphatic heterocycles. The van der Waals surface area contributed by atoms with Gasteiger partial charge >= 0.3 is 0 Å². The predicted octanol–water partition coefficient (Wildman–Crippen LogP) is 1.69. The molecule has 3 nitrogen and oxygen atoms in total. The predicted molar refractivity (Wildman–Crippen MR) is 49.8 cm³/mol. The summed E-state index contributed by atoms with van der Waals surface area (Å²) < 4.78 is 0. The highest BCUT2D eigenvalue weighted by atomic mass is 14.3. The zero-order chi connectivity index (χ0) is 10.4. The lowest BCUT2D eigenvalue weighted by Crippen LogP contribution is -1.89. The Morgan fingerprint density at radius 1 is 0.857 bits per heavy atom. The molecule has 0 spiro atoms. The molecule has 1 aromatic rings. The van der Waals surface area contributed by atoms with E-state index in [2.05, 4.69) is 0 Å². The van der Waals surface area contributed by atoms with E-state index in [0.717, 1.165) is 11.1 Å². The fourth-order valence-corrected chi connectivity index (χ4v) is 1.21. The van der Waals surface area contributed by atoms with Crippen molar-refractivity contribution in [1.82, 2.24) is 0 Å². The first kappa shape index (κ1) is 9.78. The van der Waals surface area contributed by atoms with Crippen LogP contribution in [0.15, 0.2) is 18.2 Å². The van der Waals surface area contributed by atoms with Gasteiger partial charge in [0.2, 0.25) is 0 Å². The standard InChI is InChI=1S/C11H7N3/c12-3-1-9-5-10(2-4-13)7-11(6-9)8-14/h5-7H,1-2H2. The van der Waals surface area contributed by atoms with Crippen LogP contribution in [0.5, 0.6) is 0 Å². The van der Waals surface area contributed by atoms with Crippen molar-refractivity contribution in [3.8, 4) is 18.2 Å². The Labute approximate surface area is 82.4 Å². The van der Waals surface area contributed by atoms with Gasteiger partial charge in [-0.3, -0.25) is 0 Å². The van der Waals surface area contributed by atoms with Crippen molar-refractivity contribution in [2.45, 2.75) is 12.8 Å². The summed E-state index contributed by atoms with van der Waals surface area (Å²) in [4.78, 5) is 0. The normalized spacial score (nSPS) is 8.36. The highest BCUT2D eigenvalue weighted by Crippen LogP contribution is 2.10. The van der Waals surface area contributed by atoms with Crippen LogP contribution >= 0.6 is 0 Å². The molecule has 0 saturated heterocycles. The van der Waals surface area contributed by atoms with E-state index >= 15 is 0 Å². The fourth-order valence-electron chi connectivity index (χ4n) is 1.21. The third-order valence-electron chi connectivity index (χ3n) is 1.75. The second-order valence-corrected chi connectivity index (χ2v) is 2.82. The first-order chi connectivity index (χ1) is 6.80. The molecule has 1 rings (SSSR count). The van der Waals surface area contributed by atoms with E-state index < -0.39 is 0 Å². The first-order valence-electron chi connectivity index (χ1n) is 4.07. The van der Waals surface area contributed by atoms with Crippen LogP contribution in [0, 0.1) is 34.0 Å². The summed E-state index contributed by atoms with van der Waals surface area (Å²) in [5.74, 6) is 0. The van der Waals surface area contributed by atoms with Crippen molar-refractivity contribution in [2.24, 2.45) is 0 Å². The minimum Gasteiger partial charge on any atom is -0.198 e. The first-order valence-corrected chi connectivity index (χ1v) is 4.07. The third kappa shape index (κ3) is 2.34. The quantitative estimate of drug-likeness (QED) is 0.696. The molecule has 3 heteroatoms. The van der Waals surface area contributed by atoms with Gasteiger partial charge < -0.3 is 0 Å². The number of hydrogen-bond donors (Lipinski definition) is 0. The number of hydrogen-bond acceptors (Lipinski definition) is 3. The van der Waals surface area contributed by atoms with Crippen molar-refractivity contribution in [3.63, 3.8) is 0 Å². The number of nitriles is 3. The van der Waals surface area contributed by atoms with Gasteiger partial charge in [-0.05, 0) is 23.3 Å². The molecule has 0 amide bonds. The molecular formula is C11H7N3. The fraction of sp³-hybridized carbons (Fsp3) is 0.182. The van der Waals surface area contributed by atoms with E-state index in [1.807, 2.05) is 18.2 Å². The van der Waals surface area contributed by atoms with Crippen LogP contribution in [0.2, 0.25) is 0 Å².